The highest BCUT2D eigenvalue weighted by Crippen LogP contribution is 2.47. The quantitative estimate of drug-likeness (QED) is 0.0173. The normalized spacial score (nSPS) is 28.3. The molecular formula is C55H58O30. The van der Waals surface area contributed by atoms with E-state index in [0.29, 0.717) is 0 Å². The van der Waals surface area contributed by atoms with Gasteiger partial charge >= 0.3 is 23.9 Å². The van der Waals surface area contributed by atoms with Crippen molar-refractivity contribution in [1.82, 2.24) is 0 Å². The monoisotopic (exact) mass is 1200 g/mol. The van der Waals surface area contributed by atoms with Crippen LogP contribution in [0.3, 0.4) is 0 Å². The van der Waals surface area contributed by atoms with E-state index < -0.39 is 182 Å². The highest BCUT2D eigenvalue weighted by molar-refractivity contribution is 5.90. The minimum atomic E-state index is -2.19. The molecule has 0 aromatic heterocycles. The molecule has 3 saturated heterocycles. The lowest BCUT2D eigenvalue weighted by Crippen LogP contribution is -2.63. The van der Waals surface area contributed by atoms with Gasteiger partial charge in [0.1, 0.15) is 97.6 Å². The molecule has 30 heteroatoms. The number of fused-ring (bicyclic) bond motifs is 1. The van der Waals surface area contributed by atoms with Crippen molar-refractivity contribution in [3.8, 4) is 57.5 Å². The fourth-order valence-electron chi connectivity index (χ4n) is 8.93. The van der Waals surface area contributed by atoms with Gasteiger partial charge in [-0.1, -0.05) is 12.1 Å². The average Bonchev–Trinajstić information content (AvgIpc) is 2.31. The molecule has 0 bridgehead atoms. The minimum absolute atomic E-state index is 0.00790. The van der Waals surface area contributed by atoms with Gasteiger partial charge in [-0.05, 0) is 65.8 Å². The number of esters is 3. The maximum Gasteiger partial charge on any atom is 0.331 e. The van der Waals surface area contributed by atoms with Crippen LogP contribution in [0.1, 0.15) is 34.8 Å². The van der Waals surface area contributed by atoms with Crippen molar-refractivity contribution in [2.24, 2.45) is 0 Å². The van der Waals surface area contributed by atoms with Crippen LogP contribution in [0.5, 0.6) is 57.5 Å². The molecule has 4 aliphatic rings. The van der Waals surface area contributed by atoms with Gasteiger partial charge in [0.2, 0.25) is 18.3 Å². The van der Waals surface area contributed by atoms with E-state index in [0.717, 1.165) is 48.6 Å². The number of methoxy groups -OCH3 is 2. The first-order valence-electron chi connectivity index (χ1n) is 25.5. The van der Waals surface area contributed by atoms with Crippen LogP contribution in [0.4, 0.5) is 0 Å². The second-order valence-corrected chi connectivity index (χ2v) is 19.3. The number of carbonyl (C=O) groups excluding carboxylic acids is 3. The first-order chi connectivity index (χ1) is 40.4. The van der Waals surface area contributed by atoms with Crippen molar-refractivity contribution in [1.29, 1.82) is 0 Å². The third-order valence-corrected chi connectivity index (χ3v) is 13.4. The molecule has 15 unspecified atom stereocenters. The predicted octanol–water partition coefficient (Wildman–Crippen LogP) is -0.575. The molecule has 14 N–H and O–H groups in total. The maximum atomic E-state index is 13.5. The maximum absolute atomic E-state index is 13.5. The number of ether oxygens (including phenoxy) is 12. The summed E-state index contributed by atoms with van der Waals surface area (Å²) in [6.45, 7) is -2.37. The number of aliphatic hydroxyl groups is 7. The number of carboxylic acids is 1. The number of phenols is 6. The molecule has 3 fully saturated rings. The van der Waals surface area contributed by atoms with E-state index in [1.807, 2.05) is 0 Å². The lowest BCUT2D eigenvalue weighted by molar-refractivity contribution is -0.353. The third-order valence-electron chi connectivity index (χ3n) is 13.4. The molecular weight excluding hydrogens is 1140 g/mol. The first-order valence-corrected chi connectivity index (χ1v) is 25.5. The Labute approximate surface area is 479 Å². The number of phenolic OH excluding ortho intramolecular Hbond substituents is 6. The number of aliphatic carboxylic acids is 1. The van der Waals surface area contributed by atoms with Crippen molar-refractivity contribution in [3.63, 3.8) is 0 Å². The van der Waals surface area contributed by atoms with Crippen molar-refractivity contribution in [3.05, 3.63) is 101 Å². The van der Waals surface area contributed by atoms with Crippen molar-refractivity contribution >= 4 is 42.1 Å². The summed E-state index contributed by atoms with van der Waals surface area (Å²) in [6.07, 6.45) is -24.7. The summed E-state index contributed by atoms with van der Waals surface area (Å²) < 4.78 is 68.6. The summed E-state index contributed by atoms with van der Waals surface area (Å²) in [6, 6.07) is 11.8. The van der Waals surface area contributed by atoms with Crippen LogP contribution < -0.4 is 18.9 Å². The van der Waals surface area contributed by atoms with E-state index in [1.54, 1.807) is 0 Å². The molecule has 4 aliphatic heterocycles. The fraction of sp³-hybridized carbons (Fsp3) is 0.382. The second-order valence-electron chi connectivity index (χ2n) is 19.3. The van der Waals surface area contributed by atoms with Gasteiger partial charge in [-0.15, -0.1) is 0 Å². The molecule has 0 aliphatic carbocycles. The zero-order valence-corrected chi connectivity index (χ0v) is 44.4. The topological polar surface area (TPSA) is 462 Å². The largest absolute Gasteiger partial charge is 0.508 e. The summed E-state index contributed by atoms with van der Waals surface area (Å²) in [4.78, 5) is 49.6. The van der Waals surface area contributed by atoms with E-state index in [2.05, 4.69) is 0 Å². The summed E-state index contributed by atoms with van der Waals surface area (Å²) in [5.41, 5.74) is 0.311. The molecule has 0 spiro atoms. The van der Waals surface area contributed by atoms with E-state index in [-0.39, 0.29) is 45.3 Å². The Morgan fingerprint density at radius 3 is 1.88 bits per heavy atom. The molecule has 15 atom stereocenters. The zero-order valence-electron chi connectivity index (χ0n) is 44.4. The molecule has 4 aromatic rings. The molecule has 458 valence electrons. The Balaban J connectivity index is 1.14. The molecule has 4 heterocycles. The molecule has 0 radical (unpaired) electrons. The highest BCUT2D eigenvalue weighted by atomic mass is 16.8. The van der Waals surface area contributed by atoms with Crippen molar-refractivity contribution in [2.45, 2.75) is 98.5 Å². The number of hydrogen-bond donors (Lipinski definition) is 14. The van der Waals surface area contributed by atoms with Gasteiger partial charge in [0.05, 0.1) is 26.4 Å². The van der Waals surface area contributed by atoms with Gasteiger partial charge in [-0.25, -0.2) is 9.59 Å². The van der Waals surface area contributed by atoms with E-state index in [1.165, 1.54) is 56.7 Å². The summed E-state index contributed by atoms with van der Waals surface area (Å²) in [5, 5.41) is 149. The van der Waals surface area contributed by atoms with Crippen LogP contribution in [0.15, 0.2) is 78.6 Å². The van der Waals surface area contributed by atoms with Crippen LogP contribution in [-0.2, 0) is 57.1 Å². The average molecular weight is 1200 g/mol. The number of hydrogen-bond acceptors (Lipinski definition) is 29. The van der Waals surface area contributed by atoms with Crippen LogP contribution in [-0.4, -0.2) is 215 Å². The van der Waals surface area contributed by atoms with E-state index >= 15 is 0 Å². The fourth-order valence-corrected chi connectivity index (χ4v) is 8.93. The van der Waals surface area contributed by atoms with Crippen LogP contribution in [0, 0.1) is 0 Å². The Morgan fingerprint density at radius 2 is 1.22 bits per heavy atom. The molecule has 4 aromatic carbocycles. The minimum Gasteiger partial charge on any atom is -0.508 e. The first kappa shape index (κ1) is 62.4. The summed E-state index contributed by atoms with van der Waals surface area (Å²) in [7, 11) is 2.54. The molecule has 0 saturated carbocycles. The van der Waals surface area contributed by atoms with Gasteiger partial charge < -0.3 is 128 Å². The number of aliphatic hydroxyl groups excluding tert-OH is 7. The van der Waals surface area contributed by atoms with E-state index in [9.17, 15) is 85.6 Å². The number of aromatic hydroxyl groups is 6. The number of rotatable bonds is 20. The van der Waals surface area contributed by atoms with Gasteiger partial charge in [-0.2, -0.15) is 0 Å². The lowest BCUT2D eigenvalue weighted by atomic mass is 9.97. The highest BCUT2D eigenvalue weighted by Gasteiger charge is 2.53. The number of carboxylic acid groups (broad SMARTS) is 1. The molecule has 85 heavy (non-hydrogen) atoms. The smallest absolute Gasteiger partial charge is 0.331 e. The second kappa shape index (κ2) is 26.9. The van der Waals surface area contributed by atoms with Crippen LogP contribution in [0.25, 0.3) is 18.2 Å². The van der Waals surface area contributed by atoms with Gasteiger partial charge in [-0.3, -0.25) is 9.59 Å². The van der Waals surface area contributed by atoms with Crippen molar-refractivity contribution < 1.29 is 148 Å². The Kier molecular flexibility index (Phi) is 19.8. The van der Waals surface area contributed by atoms with Gasteiger partial charge in [0.25, 0.3) is 0 Å². The van der Waals surface area contributed by atoms with Gasteiger partial charge in [0, 0.05) is 29.8 Å². The van der Waals surface area contributed by atoms with E-state index in [4.69, 9.17) is 61.9 Å². The molecule has 8 rings (SSSR count). The molecule has 30 nitrogen and oxygen atoms in total. The van der Waals surface area contributed by atoms with Gasteiger partial charge in [0.15, 0.2) is 59.1 Å². The Bertz CT molecular complexity index is 3150. The standard InChI is InChI=1S/C55H58O30/c1-74-34-12-23(13-35(75-2)44(34)68)5-10-41(65)84-51-43(67)31(61)19-78-54(51)85-52-48(72)46(70)38(20-76-40(64)9-4-22-3-7-27(57)29(59)11-22)83-55(52)81-36-17-26-32(79-50(36)24-6-8-28(58)30(60)14-24)15-25(56)16-33(26)80-53-49(73)47(71)45(69)37(82-53)21-77-42(66)18-39(62)63/h3-17,31,37-38,43,45-61,67-73H,18-21H2,1-2H3,(H,62,63). The Morgan fingerprint density at radius 1 is 0.600 bits per heavy atom. The number of benzene rings is 4. The summed E-state index contributed by atoms with van der Waals surface area (Å²) >= 11 is 0. The van der Waals surface area contributed by atoms with Crippen LogP contribution >= 0.6 is 0 Å². The lowest BCUT2D eigenvalue weighted by Gasteiger charge is -2.45. The SMILES string of the molecule is COc1cc(C=CC(=O)OC2C(OC3C(OC4=Cc5c(cc(O)cc5OC5OC(COC(=O)CC(=O)O)C(O)C(O)C5O)OC4c4ccc(O)c(O)c4)OC(COC(=O)C=Cc4ccc(O)c(O)c4)C(O)C3O)OCC(O)C2O)cc(OC)c1O. The number of carbonyl (C=O) groups is 4. The predicted molar refractivity (Wildman–Crippen MR) is 278 cm³/mol. The zero-order chi connectivity index (χ0) is 61.6. The van der Waals surface area contributed by atoms with Crippen LogP contribution in [0.2, 0.25) is 0 Å². The Hall–Kier alpha value is -8.66. The third kappa shape index (κ3) is 14.6. The van der Waals surface area contributed by atoms with Crippen molar-refractivity contribution in [2.75, 3.05) is 34.0 Å². The summed E-state index contributed by atoms with van der Waals surface area (Å²) in [5.74, 6) is -9.26. The molecule has 0 amide bonds.